The Kier molecular flexibility index (Phi) is 4.25. The van der Waals surface area contributed by atoms with E-state index in [9.17, 15) is 9.59 Å². The minimum atomic E-state index is -0.559. The predicted molar refractivity (Wildman–Crippen MR) is 94.2 cm³/mol. The van der Waals surface area contributed by atoms with E-state index >= 15 is 0 Å². The van der Waals surface area contributed by atoms with Crippen LogP contribution in [0.4, 0.5) is 4.79 Å². The number of halogens is 1. The van der Waals surface area contributed by atoms with Crippen molar-refractivity contribution in [1.29, 1.82) is 0 Å². The molecule has 0 unspecified atom stereocenters. The van der Waals surface area contributed by atoms with Gasteiger partial charge in [-0.05, 0) is 50.6 Å². The summed E-state index contributed by atoms with van der Waals surface area (Å²) in [6.07, 6.45) is 4.86. The number of nitrogens with zero attached hydrogens (tertiary/aromatic N) is 2. The van der Waals surface area contributed by atoms with Crippen LogP contribution in [0.1, 0.15) is 36.7 Å². The molecular weight excluding hydrogens is 372 g/mol. The SMILES string of the molecule is CC(C)(C)OC(=O)N1C=CC=C(N2Cc3c(Br)cccc3C2=O)C1. The molecule has 2 aliphatic rings. The van der Waals surface area contributed by atoms with E-state index in [1.807, 2.05) is 45.0 Å². The number of carbonyl (C=O) groups is 2. The third-order valence-electron chi connectivity index (χ3n) is 3.77. The Balaban J connectivity index is 1.77. The molecule has 2 amide bonds. The number of ether oxygens (including phenoxy) is 1. The third kappa shape index (κ3) is 3.24. The molecule has 24 heavy (non-hydrogen) atoms. The Morgan fingerprint density at radius 2 is 2.00 bits per heavy atom. The summed E-state index contributed by atoms with van der Waals surface area (Å²) in [5.41, 5.74) is 1.89. The molecule has 0 aromatic heterocycles. The highest BCUT2D eigenvalue weighted by atomic mass is 79.9. The fraction of sp³-hybridized carbons (Fsp3) is 0.333. The van der Waals surface area contributed by atoms with E-state index in [0.717, 1.165) is 15.7 Å². The van der Waals surface area contributed by atoms with Crippen LogP contribution in [-0.4, -0.2) is 33.9 Å². The summed E-state index contributed by atoms with van der Waals surface area (Å²) in [6.45, 7) is 6.29. The molecule has 0 bridgehead atoms. The molecule has 126 valence electrons. The van der Waals surface area contributed by atoms with Gasteiger partial charge in [0, 0.05) is 21.9 Å². The molecule has 0 saturated heterocycles. The standard InChI is InChI=1S/C18H19BrN2O3/c1-18(2,3)24-17(23)20-9-5-6-12(10-20)21-11-14-13(16(21)22)7-4-8-15(14)19/h4-9H,10-11H2,1-3H3. The van der Waals surface area contributed by atoms with Crippen molar-refractivity contribution in [2.24, 2.45) is 0 Å². The lowest BCUT2D eigenvalue weighted by Crippen LogP contribution is -2.38. The molecule has 0 aliphatic carbocycles. The van der Waals surface area contributed by atoms with E-state index in [2.05, 4.69) is 15.9 Å². The fourth-order valence-electron chi connectivity index (χ4n) is 2.69. The van der Waals surface area contributed by atoms with Gasteiger partial charge in [0.15, 0.2) is 0 Å². The van der Waals surface area contributed by atoms with Crippen LogP contribution in [0.2, 0.25) is 0 Å². The van der Waals surface area contributed by atoms with Gasteiger partial charge in [-0.15, -0.1) is 0 Å². The molecule has 3 rings (SSSR count). The van der Waals surface area contributed by atoms with Crippen molar-refractivity contribution in [3.8, 4) is 0 Å². The van der Waals surface area contributed by atoms with Gasteiger partial charge < -0.3 is 9.64 Å². The van der Waals surface area contributed by atoms with Crippen LogP contribution >= 0.6 is 15.9 Å². The largest absolute Gasteiger partial charge is 0.443 e. The van der Waals surface area contributed by atoms with Gasteiger partial charge in [0.2, 0.25) is 0 Å². The molecule has 2 heterocycles. The zero-order valence-electron chi connectivity index (χ0n) is 13.9. The van der Waals surface area contributed by atoms with Crippen molar-refractivity contribution < 1.29 is 14.3 Å². The highest BCUT2D eigenvalue weighted by Crippen LogP contribution is 2.32. The summed E-state index contributed by atoms with van der Waals surface area (Å²) < 4.78 is 6.32. The zero-order valence-corrected chi connectivity index (χ0v) is 15.5. The summed E-state index contributed by atoms with van der Waals surface area (Å²) >= 11 is 3.50. The lowest BCUT2D eigenvalue weighted by atomic mass is 10.1. The first-order valence-corrected chi connectivity index (χ1v) is 8.52. The number of hydrogen-bond donors (Lipinski definition) is 0. The zero-order chi connectivity index (χ0) is 17.5. The summed E-state index contributed by atoms with van der Waals surface area (Å²) in [4.78, 5) is 28.1. The van der Waals surface area contributed by atoms with Crippen molar-refractivity contribution in [2.45, 2.75) is 32.9 Å². The minimum Gasteiger partial charge on any atom is -0.443 e. The van der Waals surface area contributed by atoms with Gasteiger partial charge in [-0.2, -0.15) is 0 Å². The van der Waals surface area contributed by atoms with Crippen LogP contribution < -0.4 is 0 Å². The first-order chi connectivity index (χ1) is 11.3. The Morgan fingerprint density at radius 1 is 1.25 bits per heavy atom. The number of carbonyl (C=O) groups excluding carboxylic acids is 2. The van der Waals surface area contributed by atoms with Crippen molar-refractivity contribution in [2.75, 3.05) is 6.54 Å². The van der Waals surface area contributed by atoms with Gasteiger partial charge in [0.25, 0.3) is 5.91 Å². The highest BCUT2D eigenvalue weighted by Gasteiger charge is 2.33. The molecule has 0 saturated carbocycles. The van der Waals surface area contributed by atoms with Gasteiger partial charge >= 0.3 is 6.09 Å². The topological polar surface area (TPSA) is 49.9 Å². The average Bonchev–Trinajstić information content (AvgIpc) is 2.85. The maximum atomic E-state index is 12.7. The molecule has 0 N–H and O–H groups in total. The molecule has 6 heteroatoms. The number of rotatable bonds is 1. The molecule has 0 fully saturated rings. The fourth-order valence-corrected chi connectivity index (χ4v) is 3.18. The van der Waals surface area contributed by atoms with E-state index in [1.54, 1.807) is 17.2 Å². The van der Waals surface area contributed by atoms with Crippen molar-refractivity contribution in [1.82, 2.24) is 9.80 Å². The molecule has 5 nitrogen and oxygen atoms in total. The van der Waals surface area contributed by atoms with Gasteiger partial charge in [-0.1, -0.05) is 22.0 Å². The van der Waals surface area contributed by atoms with Crippen LogP contribution in [0.5, 0.6) is 0 Å². The maximum Gasteiger partial charge on any atom is 0.414 e. The van der Waals surface area contributed by atoms with Crippen LogP contribution in [0.25, 0.3) is 0 Å². The smallest absolute Gasteiger partial charge is 0.414 e. The molecule has 0 atom stereocenters. The minimum absolute atomic E-state index is 0.0445. The molecule has 0 spiro atoms. The first-order valence-electron chi connectivity index (χ1n) is 7.72. The van der Waals surface area contributed by atoms with E-state index < -0.39 is 11.7 Å². The van der Waals surface area contributed by atoms with E-state index in [1.165, 1.54) is 4.90 Å². The van der Waals surface area contributed by atoms with Gasteiger partial charge in [0.1, 0.15) is 5.60 Å². The molecular formula is C18H19BrN2O3. The first kappa shape index (κ1) is 16.8. The Hall–Kier alpha value is -2.08. The highest BCUT2D eigenvalue weighted by molar-refractivity contribution is 9.10. The molecule has 1 aromatic rings. The Morgan fingerprint density at radius 3 is 2.67 bits per heavy atom. The third-order valence-corrected chi connectivity index (χ3v) is 4.52. The molecule has 0 radical (unpaired) electrons. The van der Waals surface area contributed by atoms with Crippen molar-refractivity contribution in [3.05, 3.63) is 57.8 Å². The number of benzene rings is 1. The predicted octanol–water partition coefficient (Wildman–Crippen LogP) is 4.05. The van der Waals surface area contributed by atoms with Crippen molar-refractivity contribution in [3.63, 3.8) is 0 Å². The van der Waals surface area contributed by atoms with E-state index in [-0.39, 0.29) is 5.91 Å². The van der Waals surface area contributed by atoms with Gasteiger partial charge in [-0.25, -0.2) is 4.79 Å². The second-order valence-electron chi connectivity index (χ2n) is 6.77. The summed E-state index contributed by atoms with van der Waals surface area (Å²) in [5, 5.41) is 0. The quantitative estimate of drug-likeness (QED) is 0.726. The van der Waals surface area contributed by atoms with Gasteiger partial charge in [-0.3, -0.25) is 9.69 Å². The van der Waals surface area contributed by atoms with Crippen LogP contribution in [-0.2, 0) is 11.3 Å². The number of allylic oxidation sites excluding steroid dienone is 2. The Labute approximate surface area is 149 Å². The maximum absolute atomic E-state index is 12.7. The van der Waals surface area contributed by atoms with Crippen molar-refractivity contribution >= 4 is 27.9 Å². The average molecular weight is 391 g/mol. The van der Waals surface area contributed by atoms with Gasteiger partial charge in [0.05, 0.1) is 13.1 Å². The van der Waals surface area contributed by atoms with Crippen LogP contribution in [0.15, 0.2) is 46.7 Å². The lowest BCUT2D eigenvalue weighted by Gasteiger charge is -2.30. The number of fused-ring (bicyclic) bond motifs is 1. The summed E-state index contributed by atoms with van der Waals surface area (Å²) in [6, 6.07) is 5.61. The second-order valence-corrected chi connectivity index (χ2v) is 7.62. The van der Waals surface area contributed by atoms with Crippen LogP contribution in [0.3, 0.4) is 0 Å². The molecule has 1 aromatic carbocycles. The monoisotopic (exact) mass is 390 g/mol. The normalized spacial score (nSPS) is 17.0. The van der Waals surface area contributed by atoms with Crippen LogP contribution in [0, 0.1) is 0 Å². The summed E-state index contributed by atoms with van der Waals surface area (Å²) in [7, 11) is 0. The Bertz CT molecular complexity index is 762. The number of amides is 2. The number of hydrogen-bond acceptors (Lipinski definition) is 3. The summed E-state index contributed by atoms with van der Waals surface area (Å²) in [5.74, 6) is -0.0445. The van der Waals surface area contributed by atoms with E-state index in [0.29, 0.717) is 18.7 Å². The second kappa shape index (κ2) is 6.09. The molecule has 2 aliphatic heterocycles. The van der Waals surface area contributed by atoms with E-state index in [4.69, 9.17) is 4.74 Å². The lowest BCUT2D eigenvalue weighted by molar-refractivity contribution is 0.0333.